The van der Waals surface area contributed by atoms with Gasteiger partial charge in [0.05, 0.1) is 6.61 Å². The van der Waals surface area contributed by atoms with Crippen LogP contribution in [0, 0.1) is 5.92 Å². The van der Waals surface area contributed by atoms with Gasteiger partial charge in [-0.1, -0.05) is 32.9 Å². The van der Waals surface area contributed by atoms with Crippen LogP contribution in [0.2, 0.25) is 0 Å². The van der Waals surface area contributed by atoms with Crippen LogP contribution in [0.3, 0.4) is 0 Å². The van der Waals surface area contributed by atoms with Crippen LogP contribution in [0.1, 0.15) is 57.2 Å². The van der Waals surface area contributed by atoms with Crippen molar-refractivity contribution in [3.63, 3.8) is 0 Å². The molecule has 1 aromatic rings. The summed E-state index contributed by atoms with van der Waals surface area (Å²) in [6.07, 6.45) is 4.79. The van der Waals surface area contributed by atoms with E-state index >= 15 is 0 Å². The molecule has 2 rings (SSSR count). The molecule has 1 heterocycles. The highest BCUT2D eigenvalue weighted by Gasteiger charge is 2.15. The Morgan fingerprint density at radius 2 is 2.11 bits per heavy atom. The first-order chi connectivity index (χ1) is 9.20. The fourth-order valence-electron chi connectivity index (χ4n) is 2.73. The minimum absolute atomic E-state index is 0.486. The van der Waals surface area contributed by atoms with Crippen LogP contribution in [-0.4, -0.2) is 13.2 Å². The Kier molecular flexibility index (Phi) is 5.26. The van der Waals surface area contributed by atoms with E-state index < -0.39 is 0 Å². The molecule has 19 heavy (non-hydrogen) atoms. The topological polar surface area (TPSA) is 21.3 Å². The number of fused-ring (bicyclic) bond motifs is 1. The first kappa shape index (κ1) is 14.4. The van der Waals surface area contributed by atoms with E-state index in [9.17, 15) is 0 Å². The van der Waals surface area contributed by atoms with Gasteiger partial charge in [-0.05, 0) is 55.3 Å². The van der Waals surface area contributed by atoms with Gasteiger partial charge < -0.3 is 10.1 Å². The average molecular weight is 261 g/mol. The number of hydrogen-bond acceptors (Lipinski definition) is 2. The monoisotopic (exact) mass is 261 g/mol. The molecule has 0 radical (unpaired) electrons. The first-order valence-corrected chi connectivity index (χ1v) is 7.69. The third-order valence-electron chi connectivity index (χ3n) is 3.82. The molecular formula is C17H27NO. The molecule has 1 N–H and O–H groups in total. The third kappa shape index (κ3) is 3.97. The molecule has 0 fully saturated rings. The molecule has 0 saturated carbocycles. The minimum Gasteiger partial charge on any atom is -0.493 e. The largest absolute Gasteiger partial charge is 0.493 e. The van der Waals surface area contributed by atoms with Crippen LogP contribution in [0.5, 0.6) is 5.75 Å². The zero-order valence-electron chi connectivity index (χ0n) is 12.5. The molecule has 0 saturated heterocycles. The minimum atomic E-state index is 0.486. The summed E-state index contributed by atoms with van der Waals surface area (Å²) in [7, 11) is 0. The first-order valence-electron chi connectivity index (χ1n) is 7.69. The number of aryl methyl sites for hydroxylation is 1. The van der Waals surface area contributed by atoms with Gasteiger partial charge in [0, 0.05) is 6.04 Å². The molecule has 0 amide bonds. The molecule has 1 aliphatic heterocycles. The van der Waals surface area contributed by atoms with Crippen molar-refractivity contribution in [2.24, 2.45) is 5.92 Å². The number of benzene rings is 1. The third-order valence-corrected chi connectivity index (χ3v) is 3.82. The standard InChI is InChI=1S/C17H27NO/c1-4-18-16(9-7-13(2)3)14-8-10-17-15(12-14)6-5-11-19-17/h8,10,12-13,16,18H,4-7,9,11H2,1-3H3. The maximum absolute atomic E-state index is 5.70. The Balaban J connectivity index is 2.11. The van der Waals surface area contributed by atoms with Gasteiger partial charge >= 0.3 is 0 Å². The predicted molar refractivity (Wildman–Crippen MR) is 80.7 cm³/mol. The fraction of sp³-hybridized carbons (Fsp3) is 0.647. The lowest BCUT2D eigenvalue weighted by Crippen LogP contribution is -2.22. The maximum atomic E-state index is 5.70. The maximum Gasteiger partial charge on any atom is 0.122 e. The summed E-state index contributed by atoms with van der Waals surface area (Å²) in [6, 6.07) is 7.23. The molecule has 2 nitrogen and oxygen atoms in total. The summed E-state index contributed by atoms with van der Waals surface area (Å²) in [4.78, 5) is 0. The van der Waals surface area contributed by atoms with Crippen molar-refractivity contribution in [2.45, 2.75) is 52.5 Å². The van der Waals surface area contributed by atoms with Crippen molar-refractivity contribution >= 4 is 0 Å². The van der Waals surface area contributed by atoms with Crippen molar-refractivity contribution < 1.29 is 4.74 Å². The van der Waals surface area contributed by atoms with Crippen LogP contribution >= 0.6 is 0 Å². The highest BCUT2D eigenvalue weighted by molar-refractivity contribution is 5.39. The molecule has 0 aromatic heterocycles. The summed E-state index contributed by atoms with van der Waals surface area (Å²) >= 11 is 0. The Hall–Kier alpha value is -1.02. The van der Waals surface area contributed by atoms with Gasteiger partial charge in [0.2, 0.25) is 0 Å². The predicted octanol–water partition coefficient (Wildman–Crippen LogP) is 4.10. The van der Waals surface area contributed by atoms with Crippen LogP contribution < -0.4 is 10.1 Å². The highest BCUT2D eigenvalue weighted by atomic mass is 16.5. The Morgan fingerprint density at radius 1 is 1.26 bits per heavy atom. The molecule has 1 unspecified atom stereocenters. The van der Waals surface area contributed by atoms with Gasteiger partial charge in [-0.15, -0.1) is 0 Å². The van der Waals surface area contributed by atoms with Gasteiger partial charge in [0.1, 0.15) is 5.75 Å². The van der Waals surface area contributed by atoms with E-state index in [1.807, 2.05) is 0 Å². The van der Waals surface area contributed by atoms with E-state index in [0.29, 0.717) is 6.04 Å². The summed E-state index contributed by atoms with van der Waals surface area (Å²) < 4.78 is 5.70. The number of nitrogens with one attached hydrogen (secondary N) is 1. The smallest absolute Gasteiger partial charge is 0.122 e. The molecule has 1 aromatic carbocycles. The highest BCUT2D eigenvalue weighted by Crippen LogP contribution is 2.29. The summed E-state index contributed by atoms with van der Waals surface area (Å²) in [5.41, 5.74) is 2.81. The molecule has 1 aliphatic rings. The second-order valence-electron chi connectivity index (χ2n) is 5.90. The zero-order chi connectivity index (χ0) is 13.7. The van der Waals surface area contributed by atoms with Gasteiger partial charge in [-0.3, -0.25) is 0 Å². The second kappa shape index (κ2) is 6.95. The molecule has 1 atom stereocenters. The van der Waals surface area contributed by atoms with E-state index in [-0.39, 0.29) is 0 Å². The Morgan fingerprint density at radius 3 is 2.84 bits per heavy atom. The van der Waals surface area contributed by atoms with Gasteiger partial charge in [0.25, 0.3) is 0 Å². The SMILES string of the molecule is CCNC(CCC(C)C)c1ccc2c(c1)CCCO2. The van der Waals surface area contributed by atoms with Crippen molar-refractivity contribution in [1.82, 2.24) is 5.32 Å². The van der Waals surface area contributed by atoms with Crippen molar-refractivity contribution in [1.29, 1.82) is 0 Å². The number of hydrogen-bond donors (Lipinski definition) is 1. The van der Waals surface area contributed by atoms with E-state index in [4.69, 9.17) is 4.74 Å². The van der Waals surface area contributed by atoms with E-state index in [1.165, 1.54) is 24.0 Å². The fourth-order valence-corrected chi connectivity index (χ4v) is 2.73. The average Bonchev–Trinajstić information content (AvgIpc) is 2.42. The van der Waals surface area contributed by atoms with Crippen LogP contribution in [0.25, 0.3) is 0 Å². The number of ether oxygens (including phenoxy) is 1. The molecular weight excluding hydrogens is 234 g/mol. The molecule has 0 bridgehead atoms. The van der Waals surface area contributed by atoms with Crippen molar-refractivity contribution in [3.8, 4) is 5.75 Å². The van der Waals surface area contributed by atoms with Gasteiger partial charge in [0.15, 0.2) is 0 Å². The van der Waals surface area contributed by atoms with Crippen LogP contribution in [0.4, 0.5) is 0 Å². The lowest BCUT2D eigenvalue weighted by molar-refractivity contribution is 0.288. The lowest BCUT2D eigenvalue weighted by atomic mass is 9.94. The summed E-state index contributed by atoms with van der Waals surface area (Å²) in [6.45, 7) is 8.67. The van der Waals surface area contributed by atoms with Gasteiger partial charge in [-0.2, -0.15) is 0 Å². The quantitative estimate of drug-likeness (QED) is 0.832. The second-order valence-corrected chi connectivity index (χ2v) is 5.90. The van der Waals surface area contributed by atoms with Crippen molar-refractivity contribution in [3.05, 3.63) is 29.3 Å². The number of rotatable bonds is 6. The van der Waals surface area contributed by atoms with E-state index in [1.54, 1.807) is 0 Å². The zero-order valence-corrected chi connectivity index (χ0v) is 12.5. The Bertz CT molecular complexity index is 400. The molecule has 0 aliphatic carbocycles. The molecule has 2 heteroatoms. The summed E-state index contributed by atoms with van der Waals surface area (Å²) in [5, 5.41) is 3.62. The van der Waals surface area contributed by atoms with E-state index in [2.05, 4.69) is 44.3 Å². The Labute approximate surface area is 117 Å². The van der Waals surface area contributed by atoms with E-state index in [0.717, 1.165) is 37.7 Å². The van der Waals surface area contributed by atoms with Gasteiger partial charge in [-0.25, -0.2) is 0 Å². The molecule has 0 spiro atoms. The van der Waals surface area contributed by atoms with Crippen LogP contribution in [0.15, 0.2) is 18.2 Å². The molecule has 106 valence electrons. The summed E-state index contributed by atoms with van der Waals surface area (Å²) in [5.74, 6) is 1.86. The van der Waals surface area contributed by atoms with Crippen LogP contribution in [-0.2, 0) is 6.42 Å². The van der Waals surface area contributed by atoms with Crippen molar-refractivity contribution in [2.75, 3.05) is 13.2 Å². The normalized spacial score (nSPS) is 16.0. The lowest BCUT2D eigenvalue weighted by Gasteiger charge is -2.23.